The molecular weight excluding hydrogens is 386 g/mol. The molecule has 0 aliphatic heterocycles. The molecule has 26 heavy (non-hydrogen) atoms. The number of nitrogens with zero attached hydrogens (tertiary/aromatic N) is 3. The van der Waals surface area contributed by atoms with Gasteiger partial charge in [0.25, 0.3) is 0 Å². The van der Waals surface area contributed by atoms with E-state index in [-0.39, 0.29) is 0 Å². The zero-order chi connectivity index (χ0) is 17.9. The van der Waals surface area contributed by atoms with Crippen LogP contribution in [0.2, 0.25) is 0 Å². The number of hydrogen-bond donors (Lipinski definition) is 0. The second-order valence-electron chi connectivity index (χ2n) is 6.07. The lowest BCUT2D eigenvalue weighted by Gasteiger charge is -2.10. The third kappa shape index (κ3) is 3.55. The maximum Gasteiger partial charge on any atom is 0.0900 e. The van der Waals surface area contributed by atoms with Gasteiger partial charge in [0.2, 0.25) is 0 Å². The van der Waals surface area contributed by atoms with Gasteiger partial charge in [-0.2, -0.15) is 0 Å². The Morgan fingerprint density at radius 3 is 2.08 bits per heavy atom. The summed E-state index contributed by atoms with van der Waals surface area (Å²) in [6.45, 7) is 2.06. The van der Waals surface area contributed by atoms with Crippen LogP contribution in [0.5, 0.6) is 0 Å². The van der Waals surface area contributed by atoms with E-state index in [2.05, 4.69) is 63.2 Å². The van der Waals surface area contributed by atoms with Crippen molar-refractivity contribution in [2.75, 3.05) is 0 Å². The van der Waals surface area contributed by atoms with Crippen LogP contribution in [0.3, 0.4) is 0 Å². The number of aromatic nitrogens is 3. The van der Waals surface area contributed by atoms with Crippen molar-refractivity contribution >= 4 is 15.9 Å². The van der Waals surface area contributed by atoms with Crippen molar-refractivity contribution < 1.29 is 0 Å². The minimum atomic E-state index is 0.837. The number of hydrogen-bond acceptors (Lipinski definition) is 3. The van der Waals surface area contributed by atoms with E-state index in [0.717, 1.165) is 43.9 Å². The van der Waals surface area contributed by atoms with Crippen LogP contribution in [-0.2, 0) is 0 Å². The summed E-state index contributed by atoms with van der Waals surface area (Å²) in [5, 5.41) is 0. The molecule has 0 amide bonds. The molecule has 0 radical (unpaired) electrons. The molecule has 0 aliphatic carbocycles. The maximum atomic E-state index is 4.82. The first-order chi connectivity index (χ1) is 12.7. The van der Waals surface area contributed by atoms with Gasteiger partial charge in [-0.25, -0.2) is 4.98 Å². The van der Waals surface area contributed by atoms with Gasteiger partial charge in [-0.05, 0) is 72.1 Å². The fourth-order valence-corrected chi connectivity index (χ4v) is 3.06. The molecule has 0 atom stereocenters. The molecule has 0 fully saturated rings. The van der Waals surface area contributed by atoms with Gasteiger partial charge in [-0.1, -0.05) is 34.1 Å². The molecular formula is C22H16BrN3. The minimum absolute atomic E-state index is 0.837. The number of pyridine rings is 3. The Morgan fingerprint density at radius 2 is 1.38 bits per heavy atom. The average molecular weight is 402 g/mol. The number of aryl methyl sites for hydroxylation is 1. The lowest BCUT2D eigenvalue weighted by atomic mass is 10.0. The Kier molecular flexibility index (Phi) is 4.59. The Labute approximate surface area is 160 Å². The summed E-state index contributed by atoms with van der Waals surface area (Å²) in [6.07, 6.45) is 3.60. The largest absolute Gasteiger partial charge is 0.255 e. The third-order valence-electron chi connectivity index (χ3n) is 4.11. The van der Waals surface area contributed by atoms with Gasteiger partial charge in [-0.3, -0.25) is 9.97 Å². The van der Waals surface area contributed by atoms with E-state index < -0.39 is 0 Å². The number of halogens is 1. The maximum absolute atomic E-state index is 4.82. The molecule has 0 aliphatic rings. The Balaban J connectivity index is 1.91. The molecule has 1 aromatic carbocycles. The summed E-state index contributed by atoms with van der Waals surface area (Å²) in [7, 11) is 0. The van der Waals surface area contributed by atoms with E-state index in [9.17, 15) is 0 Å². The van der Waals surface area contributed by atoms with E-state index in [0.29, 0.717) is 0 Å². The fourth-order valence-electron chi connectivity index (χ4n) is 2.79. The van der Waals surface area contributed by atoms with Gasteiger partial charge in [0.05, 0.1) is 22.8 Å². The van der Waals surface area contributed by atoms with Gasteiger partial charge < -0.3 is 0 Å². The summed E-state index contributed by atoms with van der Waals surface area (Å²) >= 11 is 3.50. The van der Waals surface area contributed by atoms with Gasteiger partial charge >= 0.3 is 0 Å². The van der Waals surface area contributed by atoms with Crippen LogP contribution in [0.4, 0.5) is 0 Å². The van der Waals surface area contributed by atoms with Crippen LogP contribution in [0.25, 0.3) is 33.9 Å². The second-order valence-corrected chi connectivity index (χ2v) is 6.98. The van der Waals surface area contributed by atoms with Crippen molar-refractivity contribution in [3.63, 3.8) is 0 Å². The quantitative estimate of drug-likeness (QED) is 0.426. The highest BCUT2D eigenvalue weighted by molar-refractivity contribution is 9.10. The van der Waals surface area contributed by atoms with E-state index in [1.54, 1.807) is 6.20 Å². The molecule has 0 unspecified atom stereocenters. The standard InChI is InChI=1S/C22H16BrN3/c1-15-9-11-25-20(12-15)22-14-17(16-5-7-18(23)8-6-16)13-21(26-22)19-4-2-3-10-24-19/h2-14H,1H3. The zero-order valence-corrected chi connectivity index (χ0v) is 15.8. The topological polar surface area (TPSA) is 38.7 Å². The molecule has 3 heterocycles. The molecule has 0 saturated heterocycles. The highest BCUT2D eigenvalue weighted by atomic mass is 79.9. The first-order valence-electron chi connectivity index (χ1n) is 8.31. The minimum Gasteiger partial charge on any atom is -0.255 e. The molecule has 3 aromatic heterocycles. The fraction of sp³-hybridized carbons (Fsp3) is 0.0455. The van der Waals surface area contributed by atoms with Gasteiger partial charge in [-0.15, -0.1) is 0 Å². The molecule has 4 heteroatoms. The summed E-state index contributed by atoms with van der Waals surface area (Å²) in [6, 6.07) is 22.3. The van der Waals surface area contributed by atoms with Crippen molar-refractivity contribution in [2.45, 2.75) is 6.92 Å². The molecule has 4 aromatic rings. The van der Waals surface area contributed by atoms with Crippen LogP contribution in [0.15, 0.2) is 83.6 Å². The predicted molar refractivity (Wildman–Crippen MR) is 109 cm³/mol. The van der Waals surface area contributed by atoms with Crippen molar-refractivity contribution in [3.05, 3.63) is 89.2 Å². The van der Waals surface area contributed by atoms with Crippen LogP contribution in [0.1, 0.15) is 5.56 Å². The normalized spacial score (nSPS) is 10.7. The van der Waals surface area contributed by atoms with Crippen LogP contribution in [0, 0.1) is 6.92 Å². The average Bonchev–Trinajstić information content (AvgIpc) is 2.69. The van der Waals surface area contributed by atoms with Gasteiger partial charge in [0, 0.05) is 16.9 Å². The summed E-state index contributed by atoms with van der Waals surface area (Å²) < 4.78 is 1.06. The van der Waals surface area contributed by atoms with Crippen molar-refractivity contribution in [1.82, 2.24) is 15.0 Å². The second kappa shape index (κ2) is 7.18. The summed E-state index contributed by atoms with van der Waals surface area (Å²) in [5.41, 5.74) is 6.76. The van der Waals surface area contributed by atoms with Crippen LogP contribution in [-0.4, -0.2) is 15.0 Å². The van der Waals surface area contributed by atoms with Crippen molar-refractivity contribution in [1.29, 1.82) is 0 Å². The molecule has 3 nitrogen and oxygen atoms in total. The Bertz CT molecular complexity index is 1040. The number of benzene rings is 1. The third-order valence-corrected chi connectivity index (χ3v) is 4.64. The SMILES string of the molecule is Cc1ccnc(-c2cc(-c3ccc(Br)cc3)cc(-c3ccccn3)n2)c1. The molecule has 0 spiro atoms. The van der Waals surface area contributed by atoms with E-state index >= 15 is 0 Å². The van der Waals surface area contributed by atoms with Crippen LogP contribution >= 0.6 is 15.9 Å². The van der Waals surface area contributed by atoms with E-state index in [1.807, 2.05) is 42.6 Å². The van der Waals surface area contributed by atoms with Gasteiger partial charge in [0.15, 0.2) is 0 Å². The van der Waals surface area contributed by atoms with Crippen molar-refractivity contribution in [3.8, 4) is 33.9 Å². The van der Waals surface area contributed by atoms with E-state index in [1.165, 1.54) is 0 Å². The monoisotopic (exact) mass is 401 g/mol. The lowest BCUT2D eigenvalue weighted by Crippen LogP contribution is -1.94. The molecule has 4 rings (SSSR count). The zero-order valence-electron chi connectivity index (χ0n) is 14.2. The predicted octanol–water partition coefficient (Wildman–Crippen LogP) is 5.94. The first-order valence-corrected chi connectivity index (χ1v) is 9.11. The molecule has 0 saturated carbocycles. The smallest absolute Gasteiger partial charge is 0.0900 e. The van der Waals surface area contributed by atoms with Crippen LogP contribution < -0.4 is 0 Å². The Hall–Kier alpha value is -2.85. The van der Waals surface area contributed by atoms with Crippen molar-refractivity contribution in [2.24, 2.45) is 0 Å². The van der Waals surface area contributed by atoms with E-state index in [4.69, 9.17) is 4.98 Å². The summed E-state index contributed by atoms with van der Waals surface area (Å²) in [5.74, 6) is 0. The Morgan fingerprint density at radius 1 is 0.654 bits per heavy atom. The first kappa shape index (κ1) is 16.6. The lowest BCUT2D eigenvalue weighted by molar-refractivity contribution is 1.21. The molecule has 0 N–H and O–H groups in total. The highest BCUT2D eigenvalue weighted by Crippen LogP contribution is 2.29. The molecule has 126 valence electrons. The van der Waals surface area contributed by atoms with Gasteiger partial charge in [0.1, 0.15) is 0 Å². The molecule has 0 bridgehead atoms. The number of rotatable bonds is 3. The highest BCUT2D eigenvalue weighted by Gasteiger charge is 2.10. The summed E-state index contributed by atoms with van der Waals surface area (Å²) in [4.78, 5) is 13.8.